The van der Waals surface area contributed by atoms with Crippen LogP contribution in [-0.4, -0.2) is 21.1 Å². The van der Waals surface area contributed by atoms with Gasteiger partial charge in [-0.25, -0.2) is 15.2 Å². The largest absolute Gasteiger partial charge is 0.356 e. The van der Waals surface area contributed by atoms with Gasteiger partial charge in [-0.3, -0.25) is 5.01 Å². The van der Waals surface area contributed by atoms with Gasteiger partial charge in [0.05, 0.1) is 5.69 Å². The van der Waals surface area contributed by atoms with E-state index in [1.54, 1.807) is 6.92 Å². The Morgan fingerprint density at radius 3 is 2.53 bits per heavy atom. The molecule has 1 aromatic heterocycles. The topological polar surface area (TPSA) is 77.0 Å². The van der Waals surface area contributed by atoms with E-state index in [0.717, 1.165) is 11.3 Å². The number of nitrogens with zero attached hydrogens (tertiary/aromatic N) is 4. The number of aryl methyl sites for hydroxylation is 2. The molecule has 0 bridgehead atoms. The molecule has 100 valence electrons. The highest BCUT2D eigenvalue weighted by Crippen LogP contribution is 2.13. The Morgan fingerprint density at radius 1 is 1.26 bits per heavy atom. The maximum absolute atomic E-state index is 12.2. The van der Waals surface area contributed by atoms with Gasteiger partial charge in [-0.05, 0) is 32.4 Å². The van der Waals surface area contributed by atoms with Crippen LogP contribution in [0.4, 0.5) is 5.95 Å². The molecule has 0 aliphatic heterocycles. The molecule has 6 nitrogen and oxygen atoms in total. The van der Waals surface area contributed by atoms with Crippen molar-refractivity contribution in [2.24, 2.45) is 5.84 Å². The number of hydrogen-bond donors (Lipinski definition) is 1. The predicted molar refractivity (Wildman–Crippen MR) is 74.3 cm³/mol. The smallest absolute Gasteiger partial charge is 0.279 e. The molecule has 0 radical (unpaired) electrons. The third-order valence-electron chi connectivity index (χ3n) is 2.93. The van der Waals surface area contributed by atoms with E-state index in [1.807, 2.05) is 38.1 Å². The first-order chi connectivity index (χ1) is 9.04. The monoisotopic (exact) mass is 259 g/mol. The van der Waals surface area contributed by atoms with Gasteiger partial charge in [0.25, 0.3) is 0 Å². The molecule has 0 atom stereocenters. The number of nitrogens with two attached hydrogens (primary N) is 1. The molecular weight excluding hydrogens is 242 g/mol. The van der Waals surface area contributed by atoms with E-state index in [0.29, 0.717) is 12.4 Å². The molecule has 0 aliphatic rings. The molecule has 2 N–H and O–H groups in total. The summed E-state index contributed by atoms with van der Waals surface area (Å²) in [5, 5.41) is 1.34. The van der Waals surface area contributed by atoms with Crippen LogP contribution >= 0.6 is 0 Å². The Balaban J connectivity index is 2.61. The van der Waals surface area contributed by atoms with Crippen molar-refractivity contribution in [2.45, 2.75) is 20.8 Å². The van der Waals surface area contributed by atoms with Gasteiger partial charge in [-0.1, -0.05) is 18.2 Å². The van der Waals surface area contributed by atoms with Crippen LogP contribution in [0.3, 0.4) is 0 Å². The number of hydrazine groups is 1. The zero-order chi connectivity index (χ0) is 14.0. The maximum atomic E-state index is 12.2. The van der Waals surface area contributed by atoms with Crippen molar-refractivity contribution in [3.8, 4) is 5.69 Å². The van der Waals surface area contributed by atoms with Crippen molar-refractivity contribution in [2.75, 3.05) is 11.6 Å². The van der Waals surface area contributed by atoms with Gasteiger partial charge in [-0.15, -0.1) is 0 Å². The van der Waals surface area contributed by atoms with E-state index in [-0.39, 0.29) is 11.6 Å². The Hall–Kier alpha value is -2.21. The fourth-order valence-electron chi connectivity index (χ4n) is 1.86. The highest BCUT2D eigenvalue weighted by atomic mass is 16.1. The minimum atomic E-state index is -0.374. The Kier molecular flexibility index (Phi) is 3.62. The predicted octanol–water partition coefficient (Wildman–Crippen LogP) is 0.944. The summed E-state index contributed by atoms with van der Waals surface area (Å²) in [4.78, 5) is 20.4. The zero-order valence-electron chi connectivity index (χ0n) is 11.3. The highest BCUT2D eigenvalue weighted by molar-refractivity contribution is 5.41. The standard InChI is InChI=1S/C13H17N5O/c1-4-17(14)12-15-10(3)18(13(19)16-12)11-8-6-5-7-9(11)2/h5-8H,4,14H2,1-3H3. The van der Waals surface area contributed by atoms with Gasteiger partial charge in [0.2, 0.25) is 5.95 Å². The first-order valence-electron chi connectivity index (χ1n) is 6.10. The lowest BCUT2D eigenvalue weighted by atomic mass is 10.2. The number of benzene rings is 1. The minimum Gasteiger partial charge on any atom is -0.279 e. The summed E-state index contributed by atoms with van der Waals surface area (Å²) < 4.78 is 1.49. The molecule has 0 aliphatic carbocycles. The normalized spacial score (nSPS) is 10.5. The molecule has 6 heteroatoms. The lowest BCUT2D eigenvalue weighted by Gasteiger charge is -2.16. The molecule has 0 fully saturated rings. The molecule has 0 unspecified atom stereocenters. The summed E-state index contributed by atoms with van der Waals surface area (Å²) in [5.74, 6) is 6.52. The van der Waals surface area contributed by atoms with Gasteiger partial charge in [0, 0.05) is 6.54 Å². The van der Waals surface area contributed by atoms with E-state index in [1.165, 1.54) is 9.58 Å². The van der Waals surface area contributed by atoms with Crippen LogP contribution in [0.25, 0.3) is 5.69 Å². The van der Waals surface area contributed by atoms with Gasteiger partial charge >= 0.3 is 5.69 Å². The molecule has 2 aromatic rings. The summed E-state index contributed by atoms with van der Waals surface area (Å²) in [6.07, 6.45) is 0. The molecule has 1 aromatic carbocycles. The summed E-state index contributed by atoms with van der Waals surface area (Å²) in [7, 11) is 0. The summed E-state index contributed by atoms with van der Waals surface area (Å²) in [5.41, 5.74) is 1.40. The lowest BCUT2D eigenvalue weighted by Crippen LogP contribution is -2.36. The van der Waals surface area contributed by atoms with Crippen molar-refractivity contribution in [3.63, 3.8) is 0 Å². The van der Waals surface area contributed by atoms with Crippen LogP contribution in [0.15, 0.2) is 29.1 Å². The number of rotatable bonds is 3. The average molecular weight is 259 g/mol. The summed E-state index contributed by atoms with van der Waals surface area (Å²) in [6.45, 7) is 6.11. The zero-order valence-corrected chi connectivity index (χ0v) is 11.3. The molecule has 1 heterocycles. The first kappa shape index (κ1) is 13.2. The first-order valence-corrected chi connectivity index (χ1v) is 6.10. The molecule has 0 saturated carbocycles. The summed E-state index contributed by atoms with van der Waals surface area (Å²) in [6, 6.07) is 7.61. The SMILES string of the molecule is CCN(N)c1nc(C)n(-c2ccccc2C)c(=O)n1. The Morgan fingerprint density at radius 2 is 1.95 bits per heavy atom. The van der Waals surface area contributed by atoms with Crippen molar-refractivity contribution in [3.05, 3.63) is 46.1 Å². The maximum Gasteiger partial charge on any atom is 0.356 e. The molecule has 0 saturated heterocycles. The third kappa shape index (κ3) is 2.48. The third-order valence-corrected chi connectivity index (χ3v) is 2.93. The van der Waals surface area contributed by atoms with Crippen molar-refractivity contribution >= 4 is 5.95 Å². The van der Waals surface area contributed by atoms with Crippen LogP contribution in [0, 0.1) is 13.8 Å². The van der Waals surface area contributed by atoms with E-state index in [4.69, 9.17) is 5.84 Å². The van der Waals surface area contributed by atoms with Gasteiger partial charge < -0.3 is 0 Å². The second kappa shape index (κ2) is 5.19. The van der Waals surface area contributed by atoms with Crippen molar-refractivity contribution < 1.29 is 0 Å². The van der Waals surface area contributed by atoms with E-state index >= 15 is 0 Å². The Bertz CT molecular complexity index is 650. The number of anilines is 1. The fourth-order valence-corrected chi connectivity index (χ4v) is 1.86. The van der Waals surface area contributed by atoms with Crippen molar-refractivity contribution in [1.82, 2.24) is 14.5 Å². The number of hydrogen-bond acceptors (Lipinski definition) is 5. The van der Waals surface area contributed by atoms with Crippen LogP contribution < -0.4 is 16.5 Å². The van der Waals surface area contributed by atoms with Gasteiger partial charge in [0.15, 0.2) is 0 Å². The number of aromatic nitrogens is 3. The van der Waals surface area contributed by atoms with E-state index < -0.39 is 0 Å². The van der Waals surface area contributed by atoms with Crippen LogP contribution in [0.5, 0.6) is 0 Å². The Labute approximate surface area is 111 Å². The lowest BCUT2D eigenvalue weighted by molar-refractivity contribution is 0.755. The summed E-state index contributed by atoms with van der Waals surface area (Å²) >= 11 is 0. The van der Waals surface area contributed by atoms with E-state index in [9.17, 15) is 4.79 Å². The highest BCUT2D eigenvalue weighted by Gasteiger charge is 2.12. The second-order valence-corrected chi connectivity index (χ2v) is 4.26. The average Bonchev–Trinajstić information content (AvgIpc) is 2.39. The quantitative estimate of drug-likeness (QED) is 0.656. The number of para-hydroxylation sites is 1. The van der Waals surface area contributed by atoms with Crippen LogP contribution in [-0.2, 0) is 0 Å². The molecule has 0 amide bonds. The fraction of sp³-hybridized carbons (Fsp3) is 0.308. The second-order valence-electron chi connectivity index (χ2n) is 4.26. The van der Waals surface area contributed by atoms with Crippen molar-refractivity contribution in [1.29, 1.82) is 0 Å². The van der Waals surface area contributed by atoms with Gasteiger partial charge in [0.1, 0.15) is 5.82 Å². The van der Waals surface area contributed by atoms with Gasteiger partial charge in [-0.2, -0.15) is 9.97 Å². The van der Waals surface area contributed by atoms with Crippen LogP contribution in [0.1, 0.15) is 18.3 Å². The molecule has 19 heavy (non-hydrogen) atoms. The van der Waals surface area contributed by atoms with E-state index in [2.05, 4.69) is 9.97 Å². The van der Waals surface area contributed by atoms with Crippen LogP contribution in [0.2, 0.25) is 0 Å². The molecular formula is C13H17N5O. The molecule has 0 spiro atoms. The minimum absolute atomic E-state index is 0.245. The molecule has 2 rings (SSSR count).